The van der Waals surface area contributed by atoms with Crippen molar-refractivity contribution >= 4 is 51.9 Å². The Bertz CT molecular complexity index is 470. The van der Waals surface area contributed by atoms with Crippen LogP contribution < -0.4 is 5.32 Å². The number of amides is 1. The van der Waals surface area contributed by atoms with Crippen molar-refractivity contribution in [1.29, 1.82) is 0 Å². The van der Waals surface area contributed by atoms with Crippen LogP contribution in [0.25, 0.3) is 6.08 Å². The van der Waals surface area contributed by atoms with Crippen molar-refractivity contribution in [3.8, 4) is 0 Å². The Hall–Kier alpha value is -0.840. The Balaban J connectivity index is 2.31. The first-order valence-electron chi connectivity index (χ1n) is 4.15. The number of halogens is 1. The molecule has 76 valence electrons. The Morgan fingerprint density at radius 1 is 1.47 bits per heavy atom. The average molecular weight is 256 g/mol. The van der Waals surface area contributed by atoms with Gasteiger partial charge in [0.2, 0.25) is 0 Å². The zero-order chi connectivity index (χ0) is 10.8. The highest BCUT2D eigenvalue weighted by molar-refractivity contribution is 8.26. The fourth-order valence-electron chi connectivity index (χ4n) is 1.17. The predicted molar refractivity (Wildman–Crippen MR) is 67.8 cm³/mol. The summed E-state index contributed by atoms with van der Waals surface area (Å²) in [6.07, 6.45) is 1.77. The number of benzene rings is 1. The van der Waals surface area contributed by atoms with E-state index in [1.54, 1.807) is 18.2 Å². The van der Waals surface area contributed by atoms with Crippen LogP contribution in [0, 0.1) is 0 Å². The summed E-state index contributed by atoms with van der Waals surface area (Å²) < 4.78 is 0.494. The molecule has 5 heteroatoms. The standard InChI is InChI=1S/C10H6ClNOS2/c11-7-3-1-2-6(4-7)5-8-9(13)12-10(14)15-8/h1-5H,(H,12,13,14)/b8-5-. The molecule has 1 aliphatic heterocycles. The Morgan fingerprint density at radius 2 is 2.27 bits per heavy atom. The molecule has 0 spiro atoms. The first-order chi connectivity index (χ1) is 7.15. The fourth-order valence-corrected chi connectivity index (χ4v) is 2.41. The van der Waals surface area contributed by atoms with Crippen LogP contribution in [0.2, 0.25) is 5.02 Å². The highest BCUT2D eigenvalue weighted by Gasteiger charge is 2.21. The molecule has 0 aliphatic carbocycles. The maximum absolute atomic E-state index is 11.4. The van der Waals surface area contributed by atoms with E-state index in [0.717, 1.165) is 5.56 Å². The molecule has 1 saturated heterocycles. The van der Waals surface area contributed by atoms with Crippen LogP contribution in [-0.2, 0) is 4.79 Å². The van der Waals surface area contributed by atoms with Gasteiger partial charge in [-0.25, -0.2) is 0 Å². The van der Waals surface area contributed by atoms with Gasteiger partial charge in [0, 0.05) is 5.02 Å². The van der Waals surface area contributed by atoms with Gasteiger partial charge in [-0.2, -0.15) is 0 Å². The maximum Gasteiger partial charge on any atom is 0.263 e. The molecule has 2 nitrogen and oxygen atoms in total. The van der Waals surface area contributed by atoms with E-state index in [1.807, 2.05) is 12.1 Å². The SMILES string of the molecule is O=C1NC(=S)S/C1=C\c1cccc(Cl)c1. The van der Waals surface area contributed by atoms with E-state index in [-0.39, 0.29) is 5.91 Å². The first kappa shape index (κ1) is 10.7. The van der Waals surface area contributed by atoms with Crippen LogP contribution in [0.4, 0.5) is 0 Å². The molecule has 0 atom stereocenters. The van der Waals surface area contributed by atoms with Crippen molar-refractivity contribution < 1.29 is 4.79 Å². The predicted octanol–water partition coefficient (Wildman–Crippen LogP) is 2.83. The van der Waals surface area contributed by atoms with Gasteiger partial charge in [0.25, 0.3) is 5.91 Å². The molecule has 1 aliphatic rings. The molecule has 0 bridgehead atoms. The van der Waals surface area contributed by atoms with E-state index in [1.165, 1.54) is 11.8 Å². The van der Waals surface area contributed by atoms with Gasteiger partial charge in [-0.1, -0.05) is 47.7 Å². The summed E-state index contributed by atoms with van der Waals surface area (Å²) >= 11 is 12.0. The normalized spacial score (nSPS) is 18.3. The maximum atomic E-state index is 11.4. The third-order valence-electron chi connectivity index (χ3n) is 1.79. The number of nitrogens with one attached hydrogen (secondary N) is 1. The Kier molecular flexibility index (Phi) is 3.09. The molecule has 0 saturated carbocycles. The number of carbonyl (C=O) groups excluding carboxylic acids is 1. The second kappa shape index (κ2) is 4.35. The van der Waals surface area contributed by atoms with Crippen LogP contribution in [0.1, 0.15) is 5.56 Å². The van der Waals surface area contributed by atoms with Crippen molar-refractivity contribution in [1.82, 2.24) is 5.32 Å². The summed E-state index contributed by atoms with van der Waals surface area (Å²) in [6.45, 7) is 0. The largest absolute Gasteiger partial charge is 0.307 e. The summed E-state index contributed by atoms with van der Waals surface area (Å²) in [5, 5.41) is 3.20. The van der Waals surface area contributed by atoms with Crippen molar-refractivity contribution in [2.75, 3.05) is 0 Å². The Morgan fingerprint density at radius 3 is 2.87 bits per heavy atom. The van der Waals surface area contributed by atoms with E-state index < -0.39 is 0 Å². The molecule has 1 N–H and O–H groups in total. The third kappa shape index (κ3) is 2.59. The van der Waals surface area contributed by atoms with E-state index in [0.29, 0.717) is 14.2 Å². The number of thioether (sulfide) groups is 1. The third-order valence-corrected chi connectivity index (χ3v) is 3.19. The summed E-state index contributed by atoms with van der Waals surface area (Å²) in [7, 11) is 0. The topological polar surface area (TPSA) is 29.1 Å². The van der Waals surface area contributed by atoms with Crippen molar-refractivity contribution in [3.63, 3.8) is 0 Å². The lowest BCUT2D eigenvalue weighted by Gasteiger charge is -1.95. The fraction of sp³-hybridized carbons (Fsp3) is 0. The van der Waals surface area contributed by atoms with Crippen LogP contribution in [0.15, 0.2) is 29.2 Å². The second-order valence-electron chi connectivity index (χ2n) is 2.91. The van der Waals surface area contributed by atoms with Crippen LogP contribution in [0.3, 0.4) is 0 Å². The summed E-state index contributed by atoms with van der Waals surface area (Å²) in [4.78, 5) is 12.0. The molecule has 1 aromatic rings. The van der Waals surface area contributed by atoms with Gasteiger partial charge in [0.05, 0.1) is 4.91 Å². The lowest BCUT2D eigenvalue weighted by atomic mass is 10.2. The number of hydrogen-bond acceptors (Lipinski definition) is 3. The van der Waals surface area contributed by atoms with Gasteiger partial charge < -0.3 is 5.32 Å². The van der Waals surface area contributed by atoms with Gasteiger partial charge in [0.15, 0.2) is 0 Å². The van der Waals surface area contributed by atoms with Gasteiger partial charge in [-0.3, -0.25) is 4.79 Å². The van der Waals surface area contributed by atoms with Gasteiger partial charge in [-0.05, 0) is 23.8 Å². The quantitative estimate of drug-likeness (QED) is 0.618. The minimum Gasteiger partial charge on any atom is -0.307 e. The minimum absolute atomic E-state index is 0.148. The van der Waals surface area contributed by atoms with Gasteiger partial charge in [0.1, 0.15) is 4.32 Å². The molecular weight excluding hydrogens is 250 g/mol. The molecule has 1 heterocycles. The van der Waals surface area contributed by atoms with Gasteiger partial charge >= 0.3 is 0 Å². The van der Waals surface area contributed by atoms with E-state index in [9.17, 15) is 4.79 Å². The molecule has 2 rings (SSSR count). The molecule has 0 unspecified atom stereocenters. The van der Waals surface area contributed by atoms with Crippen molar-refractivity contribution in [3.05, 3.63) is 39.8 Å². The molecule has 1 amide bonds. The highest BCUT2D eigenvalue weighted by atomic mass is 35.5. The molecule has 15 heavy (non-hydrogen) atoms. The van der Waals surface area contributed by atoms with E-state index in [4.69, 9.17) is 23.8 Å². The summed E-state index contributed by atoms with van der Waals surface area (Å²) in [5.41, 5.74) is 0.893. The summed E-state index contributed by atoms with van der Waals surface area (Å²) in [6, 6.07) is 7.30. The molecular formula is C10H6ClNOS2. The molecule has 1 fully saturated rings. The van der Waals surface area contributed by atoms with Crippen LogP contribution in [0.5, 0.6) is 0 Å². The number of carbonyl (C=O) groups is 1. The second-order valence-corrected chi connectivity index (χ2v) is 5.06. The monoisotopic (exact) mass is 255 g/mol. The van der Waals surface area contributed by atoms with Crippen molar-refractivity contribution in [2.45, 2.75) is 0 Å². The van der Waals surface area contributed by atoms with E-state index >= 15 is 0 Å². The van der Waals surface area contributed by atoms with Crippen LogP contribution in [-0.4, -0.2) is 10.2 Å². The van der Waals surface area contributed by atoms with E-state index in [2.05, 4.69) is 5.32 Å². The minimum atomic E-state index is -0.148. The zero-order valence-corrected chi connectivity index (χ0v) is 9.88. The van der Waals surface area contributed by atoms with Crippen LogP contribution >= 0.6 is 35.6 Å². The molecule has 1 aromatic carbocycles. The molecule has 0 aromatic heterocycles. The summed E-state index contributed by atoms with van der Waals surface area (Å²) in [5.74, 6) is -0.148. The average Bonchev–Trinajstić information content (AvgIpc) is 2.45. The van der Waals surface area contributed by atoms with Gasteiger partial charge in [-0.15, -0.1) is 0 Å². The number of thiocarbonyl (C=S) groups is 1. The zero-order valence-electron chi connectivity index (χ0n) is 7.49. The lowest BCUT2D eigenvalue weighted by Crippen LogP contribution is -2.17. The number of hydrogen-bond donors (Lipinski definition) is 1. The highest BCUT2D eigenvalue weighted by Crippen LogP contribution is 2.26. The first-order valence-corrected chi connectivity index (χ1v) is 5.76. The Labute approximate surface area is 102 Å². The number of rotatable bonds is 1. The lowest BCUT2D eigenvalue weighted by molar-refractivity contribution is -0.115. The smallest absolute Gasteiger partial charge is 0.263 e. The van der Waals surface area contributed by atoms with Crippen molar-refractivity contribution in [2.24, 2.45) is 0 Å². The molecule has 0 radical (unpaired) electrons.